The van der Waals surface area contributed by atoms with Crippen LogP contribution in [0.25, 0.3) is 0 Å². The van der Waals surface area contributed by atoms with Gasteiger partial charge in [-0.2, -0.15) is 13.2 Å². The lowest BCUT2D eigenvalue weighted by atomic mass is 10.2. The van der Waals surface area contributed by atoms with Crippen LogP contribution in [0.3, 0.4) is 0 Å². The summed E-state index contributed by atoms with van der Waals surface area (Å²) < 4.78 is 37.8. The number of thioether (sulfide) groups is 1. The van der Waals surface area contributed by atoms with Gasteiger partial charge in [-0.15, -0.1) is 0 Å². The summed E-state index contributed by atoms with van der Waals surface area (Å²) in [5.74, 6) is 0.0552. The van der Waals surface area contributed by atoms with E-state index in [1.54, 1.807) is 0 Å². The highest BCUT2D eigenvalue weighted by Crippen LogP contribution is 2.30. The fourth-order valence-electron chi connectivity index (χ4n) is 1.55. The Hall–Kier alpha value is -0.620. The van der Waals surface area contributed by atoms with Crippen LogP contribution in [-0.4, -0.2) is 22.4 Å². The Balaban J connectivity index is 2.46. The number of halogens is 3. The zero-order chi connectivity index (χ0) is 12.9. The second-order valence-corrected chi connectivity index (χ2v) is 4.85. The molecule has 0 aliphatic rings. The van der Waals surface area contributed by atoms with Crippen LogP contribution >= 0.6 is 11.8 Å². The van der Waals surface area contributed by atoms with Crippen molar-refractivity contribution in [2.24, 2.45) is 0 Å². The molecule has 2 nitrogen and oxygen atoms in total. The molecule has 1 aromatic rings. The van der Waals surface area contributed by atoms with Crippen LogP contribution in [0.15, 0.2) is 12.3 Å². The van der Waals surface area contributed by atoms with Crippen LogP contribution in [0.2, 0.25) is 0 Å². The van der Waals surface area contributed by atoms with Crippen LogP contribution < -0.4 is 5.32 Å². The van der Waals surface area contributed by atoms with E-state index < -0.39 is 5.51 Å². The van der Waals surface area contributed by atoms with Crippen molar-refractivity contribution in [3.63, 3.8) is 0 Å². The maximum atomic E-state index is 12.0. The van der Waals surface area contributed by atoms with Crippen molar-refractivity contribution in [2.45, 2.75) is 32.4 Å². The molecular formula is C11H17F3N2S. The number of nitrogens with zero attached hydrogens (tertiary/aromatic N) is 1. The third-order valence-electron chi connectivity index (χ3n) is 2.51. The average molecular weight is 266 g/mol. The Labute approximate surface area is 104 Å². The van der Waals surface area contributed by atoms with Gasteiger partial charge in [0.2, 0.25) is 0 Å². The van der Waals surface area contributed by atoms with E-state index in [0.29, 0.717) is 6.54 Å². The topological polar surface area (TPSA) is 17.0 Å². The molecule has 0 fully saturated rings. The molecule has 6 heteroatoms. The lowest BCUT2D eigenvalue weighted by Gasteiger charge is -2.09. The van der Waals surface area contributed by atoms with Gasteiger partial charge >= 0.3 is 5.51 Å². The van der Waals surface area contributed by atoms with Gasteiger partial charge in [-0.3, -0.25) is 0 Å². The first-order valence-corrected chi connectivity index (χ1v) is 6.48. The van der Waals surface area contributed by atoms with Crippen LogP contribution in [0.5, 0.6) is 0 Å². The number of aryl methyl sites for hydroxylation is 1. The lowest BCUT2D eigenvalue weighted by molar-refractivity contribution is -0.0328. The van der Waals surface area contributed by atoms with E-state index in [9.17, 15) is 13.2 Å². The molecule has 0 saturated heterocycles. The molecule has 1 rings (SSSR count). The maximum Gasteiger partial charge on any atom is 0.441 e. The predicted molar refractivity (Wildman–Crippen MR) is 65.1 cm³/mol. The molecule has 0 aromatic carbocycles. The first-order chi connectivity index (χ1) is 7.94. The normalized spacial score (nSPS) is 12.1. The Kier molecular flexibility index (Phi) is 5.39. The number of hydrogen-bond donors (Lipinski definition) is 1. The minimum absolute atomic E-state index is 0.0278. The van der Waals surface area contributed by atoms with Crippen molar-refractivity contribution in [2.75, 3.05) is 12.3 Å². The van der Waals surface area contributed by atoms with E-state index in [0.717, 1.165) is 24.3 Å². The lowest BCUT2D eigenvalue weighted by Crippen LogP contribution is -2.13. The second-order valence-electron chi connectivity index (χ2n) is 3.69. The van der Waals surface area contributed by atoms with Crippen molar-refractivity contribution in [3.05, 3.63) is 23.5 Å². The van der Waals surface area contributed by atoms with E-state index in [2.05, 4.69) is 5.32 Å². The Bertz CT molecular complexity index is 347. The molecule has 1 aromatic heterocycles. The molecule has 1 N–H and O–H groups in total. The summed E-state index contributed by atoms with van der Waals surface area (Å²) in [7, 11) is 0. The monoisotopic (exact) mass is 266 g/mol. The van der Waals surface area contributed by atoms with Crippen molar-refractivity contribution in [1.29, 1.82) is 0 Å². The summed E-state index contributed by atoms with van der Waals surface area (Å²) in [6.07, 6.45) is 1.85. The van der Waals surface area contributed by atoms with Gasteiger partial charge in [0.05, 0.1) is 0 Å². The van der Waals surface area contributed by atoms with Gasteiger partial charge < -0.3 is 9.88 Å². The molecule has 0 unspecified atom stereocenters. The average Bonchev–Trinajstić information content (AvgIpc) is 2.56. The quantitative estimate of drug-likeness (QED) is 0.852. The van der Waals surface area contributed by atoms with Crippen molar-refractivity contribution in [3.8, 4) is 0 Å². The van der Waals surface area contributed by atoms with Crippen LogP contribution in [0, 0.1) is 6.92 Å². The zero-order valence-electron chi connectivity index (χ0n) is 9.97. The maximum absolute atomic E-state index is 12.0. The number of alkyl halides is 3. The van der Waals surface area contributed by atoms with Gasteiger partial charge in [0.15, 0.2) is 0 Å². The molecule has 0 aliphatic carbocycles. The number of rotatable bonds is 6. The third kappa shape index (κ3) is 5.04. The highest BCUT2D eigenvalue weighted by molar-refractivity contribution is 8.00. The van der Waals surface area contributed by atoms with E-state index in [1.165, 1.54) is 0 Å². The van der Waals surface area contributed by atoms with Crippen LogP contribution in [0.1, 0.15) is 18.2 Å². The predicted octanol–water partition coefficient (Wildman–Crippen LogP) is 3.16. The summed E-state index contributed by atoms with van der Waals surface area (Å²) in [6, 6.07) is 1.95. The largest absolute Gasteiger partial charge is 0.441 e. The number of aromatic nitrogens is 1. The molecule has 0 saturated carbocycles. The minimum Gasteiger partial charge on any atom is -0.351 e. The molecule has 0 bridgehead atoms. The number of hydrogen-bond acceptors (Lipinski definition) is 2. The van der Waals surface area contributed by atoms with Gasteiger partial charge in [0, 0.05) is 30.7 Å². The number of nitrogens with one attached hydrogen (secondary N) is 1. The summed E-state index contributed by atoms with van der Waals surface area (Å²) in [5.41, 5.74) is -1.95. The van der Waals surface area contributed by atoms with Gasteiger partial charge in [0.1, 0.15) is 0 Å². The van der Waals surface area contributed by atoms with E-state index in [-0.39, 0.29) is 17.5 Å². The van der Waals surface area contributed by atoms with E-state index >= 15 is 0 Å². The molecule has 0 amide bonds. The standard InChI is InChI=1S/C11H17F3N2S/c1-3-15-8-10-4-5-16(9(10)2)6-7-17-11(12,13)14/h4-5,15H,3,6-8H2,1-2H3. The fraction of sp³-hybridized carbons (Fsp3) is 0.636. The molecule has 0 aliphatic heterocycles. The Morgan fingerprint density at radius 2 is 2.12 bits per heavy atom. The van der Waals surface area contributed by atoms with E-state index in [1.807, 2.05) is 30.7 Å². The molecule has 1 heterocycles. The molecule has 0 spiro atoms. The first kappa shape index (κ1) is 14.4. The summed E-state index contributed by atoms with van der Waals surface area (Å²) in [6.45, 7) is 6.00. The highest BCUT2D eigenvalue weighted by Gasteiger charge is 2.27. The highest BCUT2D eigenvalue weighted by atomic mass is 32.2. The van der Waals surface area contributed by atoms with Crippen molar-refractivity contribution in [1.82, 2.24) is 9.88 Å². The summed E-state index contributed by atoms with van der Waals surface area (Å²) in [5, 5.41) is 3.20. The van der Waals surface area contributed by atoms with Gasteiger partial charge in [-0.1, -0.05) is 6.92 Å². The smallest absolute Gasteiger partial charge is 0.351 e. The molecule has 98 valence electrons. The molecular weight excluding hydrogens is 249 g/mol. The molecule has 17 heavy (non-hydrogen) atoms. The van der Waals surface area contributed by atoms with Crippen LogP contribution in [0.4, 0.5) is 13.2 Å². The van der Waals surface area contributed by atoms with Gasteiger partial charge in [0.25, 0.3) is 0 Å². The summed E-state index contributed by atoms with van der Waals surface area (Å²) in [4.78, 5) is 0. The summed E-state index contributed by atoms with van der Waals surface area (Å²) >= 11 is 0.0278. The third-order valence-corrected chi connectivity index (χ3v) is 3.23. The van der Waals surface area contributed by atoms with Gasteiger partial charge in [-0.25, -0.2) is 0 Å². The second kappa shape index (κ2) is 6.35. The minimum atomic E-state index is -4.13. The Morgan fingerprint density at radius 3 is 2.71 bits per heavy atom. The molecule has 0 atom stereocenters. The zero-order valence-corrected chi connectivity index (χ0v) is 10.8. The van der Waals surface area contributed by atoms with Crippen LogP contribution in [-0.2, 0) is 13.1 Å². The van der Waals surface area contributed by atoms with Crippen molar-refractivity contribution >= 4 is 11.8 Å². The van der Waals surface area contributed by atoms with E-state index in [4.69, 9.17) is 0 Å². The first-order valence-electron chi connectivity index (χ1n) is 5.50. The van der Waals surface area contributed by atoms with Crippen molar-refractivity contribution < 1.29 is 13.2 Å². The molecule has 0 radical (unpaired) electrons. The Morgan fingerprint density at radius 1 is 1.41 bits per heavy atom. The van der Waals surface area contributed by atoms with Gasteiger partial charge in [-0.05, 0) is 36.9 Å². The fourth-order valence-corrected chi connectivity index (χ4v) is 2.06. The SMILES string of the molecule is CCNCc1ccn(CCSC(F)(F)F)c1C.